The van der Waals surface area contributed by atoms with Crippen LogP contribution in [0.3, 0.4) is 0 Å². The van der Waals surface area contributed by atoms with Gasteiger partial charge in [-0.3, -0.25) is 0 Å². The molecule has 0 amide bonds. The van der Waals surface area contributed by atoms with Gasteiger partial charge >= 0.3 is 0 Å². The first kappa shape index (κ1) is 31.3. The smallest absolute Gasteiger partial charge is 0.0534 e. The molecule has 10 rings (SSSR count). The molecule has 0 N–H and O–H groups in total. The molecule has 3 heterocycles. The largest absolute Gasteiger partial charge is 0.313 e. The molecule has 0 saturated carbocycles. The molecule has 0 atom stereocenters. The number of aryl methyl sites for hydroxylation is 3. The quantitative estimate of drug-likeness (QED) is 0.178. The Kier molecular flexibility index (Phi) is 8.11. The van der Waals surface area contributed by atoms with Gasteiger partial charge in [-0.05, 0) is 130 Å². The zero-order valence-corrected chi connectivity index (χ0v) is 30.2. The highest BCUT2D eigenvalue weighted by Crippen LogP contribution is 2.40. The molecule has 3 nitrogen and oxygen atoms in total. The predicted molar refractivity (Wildman–Crippen MR) is 215 cm³/mol. The summed E-state index contributed by atoms with van der Waals surface area (Å²) in [5.41, 5.74) is 17.4. The van der Waals surface area contributed by atoms with Crippen molar-refractivity contribution in [3.63, 3.8) is 0 Å². The maximum absolute atomic E-state index is 2.69. The van der Waals surface area contributed by atoms with Gasteiger partial charge < -0.3 is 13.7 Å². The molecule has 3 aliphatic rings. The summed E-state index contributed by atoms with van der Waals surface area (Å²) in [5, 5.41) is 4.36. The zero-order valence-electron chi connectivity index (χ0n) is 30.2. The summed E-state index contributed by atoms with van der Waals surface area (Å²) < 4.78 is 8.06. The number of fused-ring (bicyclic) bond motifs is 9. The van der Waals surface area contributed by atoms with Gasteiger partial charge in [0.15, 0.2) is 0 Å². The molecule has 51 heavy (non-hydrogen) atoms. The summed E-state index contributed by atoms with van der Waals surface area (Å²) in [6, 6.07) is 35.5. The first-order chi connectivity index (χ1) is 25.3. The molecule has 4 aromatic carbocycles. The van der Waals surface area contributed by atoms with Crippen molar-refractivity contribution in [3.05, 3.63) is 125 Å². The Hall–Kier alpha value is -4.50. The Morgan fingerprint density at radius 2 is 0.569 bits per heavy atom. The Bertz CT molecular complexity index is 2110. The van der Waals surface area contributed by atoms with Crippen molar-refractivity contribution < 1.29 is 0 Å². The molecule has 3 aromatic heterocycles. The molecule has 0 saturated heterocycles. The van der Waals surface area contributed by atoms with E-state index in [1.165, 1.54) is 146 Å². The minimum atomic E-state index is 1.15. The molecule has 0 bridgehead atoms. The SMILES string of the molecule is c1ccc2c(c1)c1c(n2-c2cc(-n3c4c(c5ccccc53)CCCCCC4)cc(-n3c4c(c5ccccc53)CCCCCC4)c2)CCCCCC1. The van der Waals surface area contributed by atoms with Crippen molar-refractivity contribution in [2.45, 2.75) is 116 Å². The van der Waals surface area contributed by atoms with E-state index >= 15 is 0 Å². The van der Waals surface area contributed by atoms with E-state index in [1.54, 1.807) is 33.8 Å². The van der Waals surface area contributed by atoms with Gasteiger partial charge in [0.1, 0.15) is 0 Å². The average molecular weight is 670 g/mol. The van der Waals surface area contributed by atoms with Crippen molar-refractivity contribution >= 4 is 32.7 Å². The number of hydrogen-bond donors (Lipinski definition) is 0. The lowest BCUT2D eigenvalue weighted by Crippen LogP contribution is -2.10. The highest BCUT2D eigenvalue weighted by Gasteiger charge is 2.25. The summed E-state index contributed by atoms with van der Waals surface area (Å²) >= 11 is 0. The van der Waals surface area contributed by atoms with E-state index in [0.717, 1.165) is 19.3 Å². The number of hydrogen-bond acceptors (Lipinski definition) is 0. The molecule has 0 spiro atoms. The number of rotatable bonds is 3. The predicted octanol–water partition coefficient (Wildman–Crippen LogP) is 12.5. The number of aromatic nitrogens is 3. The molecular weight excluding hydrogens is 619 g/mol. The van der Waals surface area contributed by atoms with Gasteiger partial charge in [0.25, 0.3) is 0 Å². The molecule has 0 radical (unpaired) electrons. The third-order valence-corrected chi connectivity index (χ3v) is 12.7. The number of benzene rings is 4. The zero-order chi connectivity index (χ0) is 33.7. The Morgan fingerprint density at radius 3 is 0.882 bits per heavy atom. The number of nitrogens with zero attached hydrogens (tertiary/aromatic N) is 3. The van der Waals surface area contributed by atoms with Crippen LogP contribution in [0.15, 0.2) is 91.0 Å². The van der Waals surface area contributed by atoms with Crippen molar-refractivity contribution in [2.24, 2.45) is 0 Å². The molecule has 0 unspecified atom stereocenters. The van der Waals surface area contributed by atoms with E-state index in [0.29, 0.717) is 0 Å². The van der Waals surface area contributed by atoms with Crippen LogP contribution >= 0.6 is 0 Å². The lowest BCUT2D eigenvalue weighted by molar-refractivity contribution is 0.607. The Labute approximate surface area is 302 Å². The standard InChI is InChI=1S/C48H51N3/c1-4-10-25-43-37(19-7-1)40-22-13-16-28-46(40)49(43)34-31-35(50-44-26-11-5-2-8-20-38(44)41-23-14-17-29-47(41)50)33-36(32-34)51-45-27-12-6-3-9-21-39(45)42-24-15-18-30-48(42)51/h13-18,22-24,28-33H,1-12,19-21,25-27H2. The average Bonchev–Trinajstić information content (AvgIpc) is 3.71. The first-order valence-corrected chi connectivity index (χ1v) is 20.3. The second kappa shape index (κ2) is 13.2. The van der Waals surface area contributed by atoms with Crippen LogP contribution in [0.5, 0.6) is 0 Å². The van der Waals surface area contributed by atoms with Crippen LogP contribution < -0.4 is 0 Å². The highest BCUT2D eigenvalue weighted by atomic mass is 15.1. The lowest BCUT2D eigenvalue weighted by atomic mass is 9.96. The summed E-state index contributed by atoms with van der Waals surface area (Å²) in [6.07, 6.45) is 22.7. The maximum atomic E-state index is 2.69. The molecule has 3 aliphatic carbocycles. The van der Waals surface area contributed by atoms with Crippen LogP contribution in [0.2, 0.25) is 0 Å². The van der Waals surface area contributed by atoms with Crippen LogP contribution in [0.1, 0.15) is 111 Å². The van der Waals surface area contributed by atoms with E-state index in [9.17, 15) is 0 Å². The van der Waals surface area contributed by atoms with Gasteiger partial charge in [-0.25, -0.2) is 0 Å². The van der Waals surface area contributed by atoms with E-state index in [1.807, 2.05) is 0 Å². The van der Waals surface area contributed by atoms with Crippen molar-refractivity contribution in [3.8, 4) is 17.1 Å². The maximum Gasteiger partial charge on any atom is 0.0534 e. The second-order valence-corrected chi connectivity index (χ2v) is 15.8. The molecule has 258 valence electrons. The molecule has 7 aromatic rings. The Balaban J connectivity index is 1.30. The highest BCUT2D eigenvalue weighted by molar-refractivity contribution is 5.91. The van der Waals surface area contributed by atoms with E-state index in [4.69, 9.17) is 0 Å². The Morgan fingerprint density at radius 1 is 0.294 bits per heavy atom. The van der Waals surface area contributed by atoms with Gasteiger partial charge in [-0.15, -0.1) is 0 Å². The fourth-order valence-electron chi connectivity index (χ4n) is 10.4. The van der Waals surface area contributed by atoms with Crippen LogP contribution in [0.25, 0.3) is 49.8 Å². The molecule has 0 fully saturated rings. The van der Waals surface area contributed by atoms with Crippen molar-refractivity contribution in [2.75, 3.05) is 0 Å². The summed E-state index contributed by atoms with van der Waals surface area (Å²) in [4.78, 5) is 0. The fraction of sp³-hybridized carbons (Fsp3) is 0.375. The van der Waals surface area contributed by atoms with Crippen LogP contribution in [-0.2, 0) is 38.5 Å². The lowest BCUT2D eigenvalue weighted by Gasteiger charge is -2.21. The normalized spacial score (nSPS) is 17.2. The first-order valence-electron chi connectivity index (χ1n) is 20.3. The minimum Gasteiger partial charge on any atom is -0.313 e. The topological polar surface area (TPSA) is 14.8 Å². The molecule has 3 heteroatoms. The van der Waals surface area contributed by atoms with Gasteiger partial charge in [0.2, 0.25) is 0 Å². The van der Waals surface area contributed by atoms with Crippen LogP contribution in [-0.4, -0.2) is 13.7 Å². The second-order valence-electron chi connectivity index (χ2n) is 15.8. The van der Waals surface area contributed by atoms with Gasteiger partial charge in [-0.2, -0.15) is 0 Å². The van der Waals surface area contributed by atoms with Crippen molar-refractivity contribution in [1.82, 2.24) is 13.7 Å². The van der Waals surface area contributed by atoms with E-state index in [-0.39, 0.29) is 0 Å². The van der Waals surface area contributed by atoms with Gasteiger partial charge in [0, 0.05) is 33.2 Å². The fourth-order valence-corrected chi connectivity index (χ4v) is 10.4. The van der Waals surface area contributed by atoms with Crippen molar-refractivity contribution in [1.29, 1.82) is 0 Å². The number of para-hydroxylation sites is 3. The summed E-state index contributed by atoms with van der Waals surface area (Å²) in [7, 11) is 0. The molecular formula is C48H51N3. The third kappa shape index (κ3) is 5.30. The van der Waals surface area contributed by atoms with Gasteiger partial charge in [-0.1, -0.05) is 93.1 Å². The molecule has 0 aliphatic heterocycles. The van der Waals surface area contributed by atoms with Crippen LogP contribution in [0, 0.1) is 0 Å². The minimum absolute atomic E-state index is 1.15. The van der Waals surface area contributed by atoms with Gasteiger partial charge in [0.05, 0.1) is 33.6 Å². The van der Waals surface area contributed by atoms with E-state index in [2.05, 4.69) is 105 Å². The van der Waals surface area contributed by atoms with Crippen LogP contribution in [0.4, 0.5) is 0 Å². The third-order valence-electron chi connectivity index (χ3n) is 12.7. The van der Waals surface area contributed by atoms with E-state index < -0.39 is 0 Å². The summed E-state index contributed by atoms with van der Waals surface area (Å²) in [6.45, 7) is 0. The monoisotopic (exact) mass is 669 g/mol. The summed E-state index contributed by atoms with van der Waals surface area (Å²) in [5.74, 6) is 0.